The van der Waals surface area contributed by atoms with E-state index in [-0.39, 0.29) is 18.8 Å². The molecular weight excluding hydrogens is 190 g/mol. The molecule has 0 spiro atoms. The molecule has 0 amide bonds. The van der Waals surface area contributed by atoms with E-state index < -0.39 is 0 Å². The minimum Gasteiger partial charge on any atom is -0.394 e. The van der Waals surface area contributed by atoms with E-state index in [0.29, 0.717) is 0 Å². The van der Waals surface area contributed by atoms with Crippen LogP contribution >= 0.6 is 0 Å². The zero-order chi connectivity index (χ0) is 10.7. The van der Waals surface area contributed by atoms with Gasteiger partial charge in [-0.3, -0.25) is 0 Å². The van der Waals surface area contributed by atoms with Gasteiger partial charge in [-0.25, -0.2) is 0 Å². The van der Waals surface area contributed by atoms with E-state index >= 15 is 0 Å². The predicted molar refractivity (Wildman–Crippen MR) is 58.4 cm³/mol. The number of ether oxygens (including phenoxy) is 1. The van der Waals surface area contributed by atoms with E-state index in [0.717, 1.165) is 25.0 Å². The Morgan fingerprint density at radius 2 is 2.40 bits per heavy atom. The zero-order valence-corrected chi connectivity index (χ0v) is 8.73. The lowest BCUT2D eigenvalue weighted by Crippen LogP contribution is -2.14. The first kappa shape index (κ1) is 10.6. The van der Waals surface area contributed by atoms with Gasteiger partial charge in [0.1, 0.15) is 0 Å². The van der Waals surface area contributed by atoms with Gasteiger partial charge in [-0.15, -0.1) is 0 Å². The monoisotopic (exact) mass is 207 g/mol. The molecule has 1 aromatic rings. The van der Waals surface area contributed by atoms with Crippen molar-refractivity contribution in [2.45, 2.75) is 25.0 Å². The molecule has 3 nitrogen and oxygen atoms in total. The van der Waals surface area contributed by atoms with Crippen LogP contribution in [0.5, 0.6) is 0 Å². The molecule has 15 heavy (non-hydrogen) atoms. The molecular formula is C12H17NO2. The van der Waals surface area contributed by atoms with Crippen molar-refractivity contribution in [1.82, 2.24) is 0 Å². The quantitative estimate of drug-likeness (QED) is 0.790. The van der Waals surface area contributed by atoms with Crippen molar-refractivity contribution in [3.8, 4) is 0 Å². The molecule has 3 heteroatoms. The number of nitrogens with two attached hydrogens (primary N) is 1. The van der Waals surface area contributed by atoms with Gasteiger partial charge in [0.15, 0.2) is 0 Å². The number of hydrogen-bond acceptors (Lipinski definition) is 3. The van der Waals surface area contributed by atoms with Crippen LogP contribution in [0.1, 0.15) is 36.1 Å². The van der Waals surface area contributed by atoms with Crippen LogP contribution < -0.4 is 5.73 Å². The summed E-state index contributed by atoms with van der Waals surface area (Å²) >= 11 is 0. The van der Waals surface area contributed by atoms with Gasteiger partial charge in [0.25, 0.3) is 0 Å². The van der Waals surface area contributed by atoms with Gasteiger partial charge in [0.2, 0.25) is 0 Å². The Morgan fingerprint density at radius 1 is 1.53 bits per heavy atom. The maximum absolute atomic E-state index is 8.99. The van der Waals surface area contributed by atoms with Gasteiger partial charge in [-0.05, 0) is 24.0 Å². The molecule has 1 unspecified atom stereocenters. The summed E-state index contributed by atoms with van der Waals surface area (Å²) < 4.78 is 5.60. The van der Waals surface area contributed by atoms with E-state index in [1.165, 1.54) is 5.56 Å². The van der Waals surface area contributed by atoms with Crippen molar-refractivity contribution in [1.29, 1.82) is 0 Å². The average molecular weight is 207 g/mol. The number of rotatable bonds is 3. The molecule has 0 radical (unpaired) electrons. The Hall–Kier alpha value is -0.900. The third-order valence-corrected chi connectivity index (χ3v) is 2.84. The summed E-state index contributed by atoms with van der Waals surface area (Å²) in [5.74, 6) is 0. The van der Waals surface area contributed by atoms with Gasteiger partial charge in [-0.1, -0.05) is 24.3 Å². The maximum Gasteiger partial charge on any atom is 0.0825 e. The third-order valence-electron chi connectivity index (χ3n) is 2.84. The van der Waals surface area contributed by atoms with Crippen LogP contribution in [0.4, 0.5) is 0 Å². The maximum atomic E-state index is 8.99. The lowest BCUT2D eigenvalue weighted by Gasteiger charge is -2.13. The Balaban J connectivity index is 2.18. The first-order chi connectivity index (χ1) is 7.31. The van der Waals surface area contributed by atoms with Gasteiger partial charge in [-0.2, -0.15) is 0 Å². The summed E-state index contributed by atoms with van der Waals surface area (Å²) in [7, 11) is 0. The third kappa shape index (κ3) is 2.37. The van der Waals surface area contributed by atoms with Gasteiger partial charge in [0, 0.05) is 6.61 Å². The highest BCUT2D eigenvalue weighted by Gasteiger charge is 2.18. The fourth-order valence-corrected chi connectivity index (χ4v) is 1.94. The van der Waals surface area contributed by atoms with Crippen LogP contribution in [0.2, 0.25) is 0 Å². The fourth-order valence-electron chi connectivity index (χ4n) is 1.94. The summed E-state index contributed by atoms with van der Waals surface area (Å²) in [5, 5.41) is 8.99. The van der Waals surface area contributed by atoms with E-state index in [9.17, 15) is 0 Å². The Bertz CT molecular complexity index is 321. The minimum atomic E-state index is -0.286. The lowest BCUT2D eigenvalue weighted by molar-refractivity contribution is 0.112. The first-order valence-corrected chi connectivity index (χ1v) is 5.39. The molecule has 1 fully saturated rings. The Labute approximate surface area is 89.9 Å². The topological polar surface area (TPSA) is 55.5 Å². The van der Waals surface area contributed by atoms with Gasteiger partial charge in [0.05, 0.1) is 18.8 Å². The molecule has 2 atom stereocenters. The Kier molecular flexibility index (Phi) is 3.36. The van der Waals surface area contributed by atoms with Crippen LogP contribution in [0.15, 0.2) is 24.3 Å². The molecule has 1 aromatic carbocycles. The number of benzene rings is 1. The largest absolute Gasteiger partial charge is 0.394 e. The summed E-state index contributed by atoms with van der Waals surface area (Å²) in [4.78, 5) is 0. The smallest absolute Gasteiger partial charge is 0.0825 e. The fraction of sp³-hybridized carbons (Fsp3) is 0.500. The normalized spacial score (nSPS) is 22.9. The highest BCUT2D eigenvalue weighted by molar-refractivity contribution is 5.27. The predicted octanol–water partition coefficient (Wildman–Crippen LogP) is 1.53. The minimum absolute atomic E-state index is 0.0189. The summed E-state index contributed by atoms with van der Waals surface area (Å²) in [6.45, 7) is 0.829. The van der Waals surface area contributed by atoms with Crippen molar-refractivity contribution >= 4 is 0 Å². The van der Waals surface area contributed by atoms with Crippen molar-refractivity contribution in [2.24, 2.45) is 5.73 Å². The Morgan fingerprint density at radius 3 is 3.07 bits per heavy atom. The van der Waals surface area contributed by atoms with E-state index in [4.69, 9.17) is 15.6 Å². The van der Waals surface area contributed by atoms with Crippen LogP contribution in [-0.2, 0) is 4.74 Å². The second-order valence-electron chi connectivity index (χ2n) is 3.96. The zero-order valence-electron chi connectivity index (χ0n) is 8.73. The van der Waals surface area contributed by atoms with Gasteiger partial charge < -0.3 is 15.6 Å². The molecule has 1 aliphatic heterocycles. The van der Waals surface area contributed by atoms with Crippen molar-refractivity contribution in [2.75, 3.05) is 13.2 Å². The second kappa shape index (κ2) is 4.75. The lowest BCUT2D eigenvalue weighted by atomic mass is 10.0. The van der Waals surface area contributed by atoms with E-state index in [2.05, 4.69) is 6.07 Å². The van der Waals surface area contributed by atoms with Crippen molar-refractivity contribution in [3.05, 3.63) is 35.4 Å². The van der Waals surface area contributed by atoms with Crippen molar-refractivity contribution < 1.29 is 9.84 Å². The molecule has 0 bridgehead atoms. The molecule has 2 rings (SSSR count). The van der Waals surface area contributed by atoms with Gasteiger partial charge >= 0.3 is 0 Å². The second-order valence-corrected chi connectivity index (χ2v) is 3.96. The molecule has 1 saturated heterocycles. The molecule has 82 valence electrons. The number of hydrogen-bond donors (Lipinski definition) is 2. The summed E-state index contributed by atoms with van der Waals surface area (Å²) in [6.07, 6.45) is 2.43. The SMILES string of the molecule is N[C@H](CO)c1cccc(C2CCCO2)c1. The van der Waals surface area contributed by atoms with Crippen LogP contribution in [0.3, 0.4) is 0 Å². The number of aliphatic hydroxyl groups excluding tert-OH is 1. The van der Waals surface area contributed by atoms with Crippen molar-refractivity contribution in [3.63, 3.8) is 0 Å². The molecule has 1 aliphatic rings. The summed E-state index contributed by atoms with van der Waals surface area (Å²) in [6, 6.07) is 7.73. The standard InChI is InChI=1S/C12H17NO2/c13-11(8-14)9-3-1-4-10(7-9)12-5-2-6-15-12/h1,3-4,7,11-12,14H,2,5-6,8,13H2/t11-,12?/m1/s1. The highest BCUT2D eigenvalue weighted by atomic mass is 16.5. The molecule has 3 N–H and O–H groups in total. The average Bonchev–Trinajstić information content (AvgIpc) is 2.82. The van der Waals surface area contributed by atoms with E-state index in [1.54, 1.807) is 0 Å². The molecule has 0 saturated carbocycles. The molecule has 0 aliphatic carbocycles. The van der Waals surface area contributed by atoms with Crippen LogP contribution in [-0.4, -0.2) is 18.3 Å². The highest BCUT2D eigenvalue weighted by Crippen LogP contribution is 2.29. The van der Waals surface area contributed by atoms with Crippen LogP contribution in [0, 0.1) is 0 Å². The van der Waals surface area contributed by atoms with Crippen LogP contribution in [0.25, 0.3) is 0 Å². The van der Waals surface area contributed by atoms with E-state index in [1.807, 2.05) is 18.2 Å². The number of aliphatic hydroxyl groups is 1. The first-order valence-electron chi connectivity index (χ1n) is 5.39. The summed E-state index contributed by atoms with van der Waals surface area (Å²) in [5.41, 5.74) is 7.92. The molecule has 1 heterocycles. The molecule has 0 aromatic heterocycles.